The Balaban J connectivity index is 2.05. The highest BCUT2D eigenvalue weighted by molar-refractivity contribution is 9.10. The molecule has 0 amide bonds. The number of piperidine rings is 1. The number of hydrogen-bond donors (Lipinski definition) is 1. The standard InChI is InChI=1S/C12H19BrN4O/c1-2-6-18-9-4-3-5-17(8-9)11-10(13)7-15-12(14)16-11/h7,9H,2-6,8H2,1H3,(H2,14,15,16). The van der Waals surface area contributed by atoms with Crippen LogP contribution in [0.2, 0.25) is 0 Å². The van der Waals surface area contributed by atoms with Gasteiger partial charge in [-0.3, -0.25) is 0 Å². The highest BCUT2D eigenvalue weighted by Crippen LogP contribution is 2.27. The molecule has 1 aliphatic heterocycles. The van der Waals surface area contributed by atoms with E-state index < -0.39 is 0 Å². The number of nitrogens with zero attached hydrogens (tertiary/aromatic N) is 3. The third kappa shape index (κ3) is 3.32. The molecule has 2 N–H and O–H groups in total. The molecule has 0 aliphatic carbocycles. The van der Waals surface area contributed by atoms with Crippen molar-refractivity contribution in [1.82, 2.24) is 9.97 Å². The van der Waals surface area contributed by atoms with Crippen molar-refractivity contribution < 1.29 is 4.74 Å². The summed E-state index contributed by atoms with van der Waals surface area (Å²) in [6.45, 7) is 4.81. The van der Waals surface area contributed by atoms with E-state index in [4.69, 9.17) is 10.5 Å². The minimum Gasteiger partial charge on any atom is -0.376 e. The topological polar surface area (TPSA) is 64.3 Å². The van der Waals surface area contributed by atoms with Crippen LogP contribution in [0, 0.1) is 0 Å². The summed E-state index contributed by atoms with van der Waals surface area (Å²) in [6, 6.07) is 0. The van der Waals surface area contributed by atoms with E-state index in [1.54, 1.807) is 6.20 Å². The molecule has 6 heteroatoms. The van der Waals surface area contributed by atoms with Crippen LogP contribution in [0.25, 0.3) is 0 Å². The summed E-state index contributed by atoms with van der Waals surface area (Å²) in [5, 5.41) is 0. The molecule has 2 heterocycles. The predicted octanol–water partition coefficient (Wildman–Crippen LogP) is 2.22. The van der Waals surface area contributed by atoms with Gasteiger partial charge in [0.2, 0.25) is 5.95 Å². The van der Waals surface area contributed by atoms with E-state index in [0.29, 0.717) is 12.1 Å². The summed E-state index contributed by atoms with van der Waals surface area (Å²) in [7, 11) is 0. The molecule has 0 bridgehead atoms. The molecule has 1 aliphatic rings. The number of aromatic nitrogens is 2. The fourth-order valence-electron chi connectivity index (χ4n) is 2.14. The van der Waals surface area contributed by atoms with Crippen molar-refractivity contribution in [3.63, 3.8) is 0 Å². The van der Waals surface area contributed by atoms with Gasteiger partial charge in [-0.2, -0.15) is 4.98 Å². The Morgan fingerprint density at radius 2 is 2.44 bits per heavy atom. The lowest BCUT2D eigenvalue weighted by Crippen LogP contribution is -2.40. The first-order valence-electron chi connectivity index (χ1n) is 6.35. The molecular weight excluding hydrogens is 296 g/mol. The van der Waals surface area contributed by atoms with Crippen LogP contribution in [-0.2, 0) is 4.74 Å². The number of anilines is 2. The minimum absolute atomic E-state index is 0.293. The molecule has 0 aromatic carbocycles. The van der Waals surface area contributed by atoms with Gasteiger partial charge in [-0.1, -0.05) is 6.92 Å². The van der Waals surface area contributed by atoms with Gasteiger partial charge in [0.05, 0.1) is 10.6 Å². The fraction of sp³-hybridized carbons (Fsp3) is 0.667. The monoisotopic (exact) mass is 314 g/mol. The number of hydrogen-bond acceptors (Lipinski definition) is 5. The average Bonchev–Trinajstić information content (AvgIpc) is 2.39. The highest BCUT2D eigenvalue weighted by atomic mass is 79.9. The zero-order valence-corrected chi connectivity index (χ0v) is 12.2. The molecular formula is C12H19BrN4O. The zero-order valence-electron chi connectivity index (χ0n) is 10.6. The minimum atomic E-state index is 0.293. The fourth-order valence-corrected chi connectivity index (χ4v) is 2.59. The smallest absolute Gasteiger partial charge is 0.222 e. The molecule has 1 aromatic rings. The summed E-state index contributed by atoms with van der Waals surface area (Å²) in [5.41, 5.74) is 5.65. The van der Waals surface area contributed by atoms with Crippen molar-refractivity contribution in [2.45, 2.75) is 32.3 Å². The van der Waals surface area contributed by atoms with Gasteiger partial charge in [0.15, 0.2) is 0 Å². The first kappa shape index (κ1) is 13.5. The Kier molecular flexibility index (Phi) is 4.77. The number of rotatable bonds is 4. The Hall–Kier alpha value is -0.880. The molecule has 18 heavy (non-hydrogen) atoms. The van der Waals surface area contributed by atoms with E-state index in [2.05, 4.69) is 37.7 Å². The molecule has 5 nitrogen and oxygen atoms in total. The maximum absolute atomic E-state index is 5.82. The second kappa shape index (κ2) is 6.33. The van der Waals surface area contributed by atoms with E-state index in [1.807, 2.05) is 0 Å². The Morgan fingerprint density at radius 1 is 1.61 bits per heavy atom. The first-order chi connectivity index (χ1) is 8.70. The van der Waals surface area contributed by atoms with Crippen LogP contribution in [-0.4, -0.2) is 35.8 Å². The van der Waals surface area contributed by atoms with Crippen LogP contribution in [0.3, 0.4) is 0 Å². The average molecular weight is 315 g/mol. The lowest BCUT2D eigenvalue weighted by atomic mass is 10.1. The lowest BCUT2D eigenvalue weighted by Gasteiger charge is -2.33. The third-order valence-corrected chi connectivity index (χ3v) is 3.54. The Bertz CT molecular complexity index is 402. The molecule has 1 aromatic heterocycles. The number of nitrogen functional groups attached to an aromatic ring is 1. The van der Waals surface area contributed by atoms with Gasteiger partial charge in [-0.05, 0) is 35.2 Å². The van der Waals surface area contributed by atoms with Gasteiger partial charge >= 0.3 is 0 Å². The van der Waals surface area contributed by atoms with Crippen LogP contribution in [0.1, 0.15) is 26.2 Å². The molecule has 0 spiro atoms. The molecule has 1 atom stereocenters. The van der Waals surface area contributed by atoms with E-state index >= 15 is 0 Å². The van der Waals surface area contributed by atoms with Crippen LogP contribution in [0.5, 0.6) is 0 Å². The first-order valence-corrected chi connectivity index (χ1v) is 7.14. The van der Waals surface area contributed by atoms with Crippen molar-refractivity contribution in [2.24, 2.45) is 0 Å². The molecule has 1 unspecified atom stereocenters. The lowest BCUT2D eigenvalue weighted by molar-refractivity contribution is 0.0439. The van der Waals surface area contributed by atoms with Gasteiger partial charge in [-0.15, -0.1) is 0 Å². The summed E-state index contributed by atoms with van der Waals surface area (Å²) in [6.07, 6.45) is 5.29. The molecule has 0 radical (unpaired) electrons. The number of ether oxygens (including phenoxy) is 1. The van der Waals surface area contributed by atoms with Crippen molar-refractivity contribution in [3.05, 3.63) is 10.7 Å². The summed E-state index contributed by atoms with van der Waals surface area (Å²) >= 11 is 3.48. The predicted molar refractivity (Wildman–Crippen MR) is 75.6 cm³/mol. The highest BCUT2D eigenvalue weighted by Gasteiger charge is 2.23. The van der Waals surface area contributed by atoms with Gasteiger partial charge in [0, 0.05) is 25.9 Å². The van der Waals surface area contributed by atoms with Crippen LogP contribution in [0.4, 0.5) is 11.8 Å². The zero-order chi connectivity index (χ0) is 13.0. The summed E-state index contributed by atoms with van der Waals surface area (Å²) in [4.78, 5) is 10.5. The van der Waals surface area contributed by atoms with Crippen molar-refractivity contribution in [3.8, 4) is 0 Å². The van der Waals surface area contributed by atoms with Crippen LogP contribution >= 0.6 is 15.9 Å². The second-order valence-electron chi connectivity index (χ2n) is 4.48. The van der Waals surface area contributed by atoms with Crippen LogP contribution in [0.15, 0.2) is 10.7 Å². The largest absolute Gasteiger partial charge is 0.376 e. The van der Waals surface area contributed by atoms with Crippen LogP contribution < -0.4 is 10.6 Å². The van der Waals surface area contributed by atoms with Crippen molar-refractivity contribution in [2.75, 3.05) is 30.3 Å². The van der Waals surface area contributed by atoms with E-state index in [1.165, 1.54) is 0 Å². The normalized spacial score (nSPS) is 20.1. The maximum Gasteiger partial charge on any atom is 0.222 e. The summed E-state index contributed by atoms with van der Waals surface area (Å²) in [5.74, 6) is 1.18. The number of halogens is 1. The maximum atomic E-state index is 5.82. The van der Waals surface area contributed by atoms with Gasteiger partial charge < -0.3 is 15.4 Å². The molecule has 1 saturated heterocycles. The molecule has 1 fully saturated rings. The number of nitrogens with two attached hydrogens (primary N) is 1. The SMILES string of the molecule is CCCOC1CCCN(c2nc(N)ncc2Br)C1. The molecule has 0 saturated carbocycles. The van der Waals surface area contributed by atoms with Gasteiger partial charge in [-0.25, -0.2) is 4.98 Å². The van der Waals surface area contributed by atoms with Gasteiger partial charge in [0.25, 0.3) is 0 Å². The van der Waals surface area contributed by atoms with Crippen molar-refractivity contribution in [1.29, 1.82) is 0 Å². The van der Waals surface area contributed by atoms with E-state index in [0.717, 1.165) is 49.2 Å². The second-order valence-corrected chi connectivity index (χ2v) is 5.34. The van der Waals surface area contributed by atoms with Gasteiger partial charge in [0.1, 0.15) is 5.82 Å². The van der Waals surface area contributed by atoms with Crippen molar-refractivity contribution >= 4 is 27.7 Å². The Morgan fingerprint density at radius 3 is 3.22 bits per heavy atom. The quantitative estimate of drug-likeness (QED) is 0.923. The molecule has 2 rings (SSSR count). The third-order valence-electron chi connectivity index (χ3n) is 2.98. The van der Waals surface area contributed by atoms with E-state index in [-0.39, 0.29) is 0 Å². The Labute approximate surface area is 116 Å². The molecule has 100 valence electrons. The van der Waals surface area contributed by atoms with E-state index in [9.17, 15) is 0 Å². The summed E-state index contributed by atoms with van der Waals surface area (Å²) < 4.78 is 6.70.